The Morgan fingerprint density at radius 1 is 1.14 bits per heavy atom. The second-order valence-electron chi connectivity index (χ2n) is 7.80. The Morgan fingerprint density at radius 3 is 2.90 bits per heavy atom. The minimum absolute atomic E-state index is 0.567. The van der Waals surface area contributed by atoms with Gasteiger partial charge >= 0.3 is 0 Å². The molecule has 0 radical (unpaired) electrons. The number of aromatic nitrogens is 5. The van der Waals surface area contributed by atoms with E-state index in [-0.39, 0.29) is 0 Å². The maximum Gasteiger partial charge on any atom is 0.276 e. The van der Waals surface area contributed by atoms with Crippen molar-refractivity contribution in [3.63, 3.8) is 0 Å². The van der Waals surface area contributed by atoms with Gasteiger partial charge in [-0.3, -0.25) is 9.80 Å². The minimum atomic E-state index is 0.567. The summed E-state index contributed by atoms with van der Waals surface area (Å²) in [6.07, 6.45) is 3.33. The maximum atomic E-state index is 5.43. The maximum absolute atomic E-state index is 5.43. The van der Waals surface area contributed by atoms with Gasteiger partial charge in [-0.05, 0) is 48.3 Å². The highest BCUT2D eigenvalue weighted by atomic mass is 32.1. The summed E-state index contributed by atoms with van der Waals surface area (Å²) in [5.41, 5.74) is 1.43. The summed E-state index contributed by atoms with van der Waals surface area (Å²) >= 11 is 1.82. The zero-order chi connectivity index (χ0) is 19.6. The molecule has 0 unspecified atom stereocenters. The predicted octanol–water partition coefficient (Wildman–Crippen LogP) is 1.64. The van der Waals surface area contributed by atoms with Gasteiger partial charge in [0.1, 0.15) is 10.6 Å². The number of anilines is 1. The molecule has 5 rings (SSSR count). The molecule has 156 valence electrons. The summed E-state index contributed by atoms with van der Waals surface area (Å²) in [7, 11) is 0. The third kappa shape index (κ3) is 3.81. The summed E-state index contributed by atoms with van der Waals surface area (Å²) in [6, 6.07) is 0. The lowest BCUT2D eigenvalue weighted by Crippen LogP contribution is -2.37. The molecule has 0 saturated carbocycles. The molecule has 0 bridgehead atoms. The van der Waals surface area contributed by atoms with Crippen LogP contribution in [0, 0.1) is 0 Å². The van der Waals surface area contributed by atoms with Crippen molar-refractivity contribution in [2.24, 2.45) is 0 Å². The number of thiophene rings is 1. The number of ether oxygens (including phenoxy) is 1. The molecule has 2 aliphatic rings. The first-order valence-corrected chi connectivity index (χ1v) is 11.4. The monoisotopic (exact) mass is 416 g/mol. The Hall–Kier alpha value is -1.88. The van der Waals surface area contributed by atoms with Gasteiger partial charge in [-0.1, -0.05) is 12.0 Å². The fraction of sp³-hybridized carbons (Fsp3) is 0.684. The van der Waals surface area contributed by atoms with E-state index in [1.54, 1.807) is 4.52 Å². The molecule has 0 amide bonds. The first kappa shape index (κ1) is 19.1. The van der Waals surface area contributed by atoms with E-state index >= 15 is 0 Å². The number of nitrogens with zero attached hydrogens (tertiary/aromatic N) is 7. The highest BCUT2D eigenvalue weighted by Crippen LogP contribution is 2.38. The van der Waals surface area contributed by atoms with E-state index in [4.69, 9.17) is 9.72 Å². The number of rotatable bonds is 7. The average Bonchev–Trinajstić information content (AvgIpc) is 3.36. The topological polar surface area (TPSA) is 83.7 Å². The molecule has 1 saturated heterocycles. The van der Waals surface area contributed by atoms with Crippen molar-refractivity contribution in [2.75, 3.05) is 57.8 Å². The van der Waals surface area contributed by atoms with Crippen molar-refractivity contribution < 1.29 is 4.74 Å². The van der Waals surface area contributed by atoms with Crippen LogP contribution in [0.5, 0.6) is 0 Å². The van der Waals surface area contributed by atoms with Crippen LogP contribution in [0.15, 0.2) is 0 Å². The number of nitrogens with one attached hydrogen (secondary N) is 1. The highest BCUT2D eigenvalue weighted by Gasteiger charge is 2.25. The lowest BCUT2D eigenvalue weighted by Gasteiger charge is -2.26. The van der Waals surface area contributed by atoms with E-state index in [0.29, 0.717) is 5.78 Å². The first-order chi connectivity index (χ1) is 14.3. The van der Waals surface area contributed by atoms with Crippen LogP contribution in [0.4, 0.5) is 5.82 Å². The molecule has 10 heteroatoms. The van der Waals surface area contributed by atoms with E-state index in [9.17, 15) is 0 Å². The van der Waals surface area contributed by atoms with Crippen LogP contribution in [0.1, 0.15) is 30.2 Å². The second kappa shape index (κ2) is 8.47. The Balaban J connectivity index is 1.38. The average molecular weight is 417 g/mol. The lowest BCUT2D eigenvalue weighted by atomic mass is 10.0. The van der Waals surface area contributed by atoms with Crippen LogP contribution in [0.25, 0.3) is 16.0 Å². The molecule has 0 aromatic carbocycles. The summed E-state index contributed by atoms with van der Waals surface area (Å²) in [5, 5.41) is 17.0. The van der Waals surface area contributed by atoms with Gasteiger partial charge in [0.25, 0.3) is 5.78 Å². The number of fused-ring (bicyclic) bond motifs is 5. The number of hydrogen-bond acceptors (Lipinski definition) is 9. The van der Waals surface area contributed by atoms with Crippen molar-refractivity contribution in [2.45, 2.75) is 32.7 Å². The number of morpholine rings is 1. The standard InChI is InChI=1S/C19H28N8OS/c1-2-6-26-8-4-14-15(13-26)29-18-16(14)17(21-19-22-23-24-27(18)19)20-5-3-7-25-9-11-28-12-10-25/h2-13H2,1H3,(H,20,21,22,24). The molecule has 3 aromatic heterocycles. The van der Waals surface area contributed by atoms with Gasteiger partial charge in [-0.2, -0.15) is 9.50 Å². The largest absolute Gasteiger partial charge is 0.379 e. The molecule has 0 atom stereocenters. The van der Waals surface area contributed by atoms with Crippen molar-refractivity contribution in [3.05, 3.63) is 10.4 Å². The predicted molar refractivity (Wildman–Crippen MR) is 114 cm³/mol. The van der Waals surface area contributed by atoms with Crippen LogP contribution >= 0.6 is 11.3 Å². The molecular formula is C19H28N8OS. The van der Waals surface area contributed by atoms with E-state index in [0.717, 1.165) is 82.5 Å². The molecule has 5 heterocycles. The van der Waals surface area contributed by atoms with Gasteiger partial charge in [0.2, 0.25) is 0 Å². The number of tetrazole rings is 1. The van der Waals surface area contributed by atoms with Crippen LogP contribution in [-0.2, 0) is 17.7 Å². The molecule has 0 aliphatic carbocycles. The van der Waals surface area contributed by atoms with Crippen molar-refractivity contribution in [1.29, 1.82) is 0 Å². The van der Waals surface area contributed by atoms with Gasteiger partial charge in [0.15, 0.2) is 0 Å². The summed E-state index contributed by atoms with van der Waals surface area (Å²) < 4.78 is 7.23. The van der Waals surface area contributed by atoms with E-state index < -0.39 is 0 Å². The van der Waals surface area contributed by atoms with Crippen molar-refractivity contribution in [3.8, 4) is 0 Å². The van der Waals surface area contributed by atoms with Crippen LogP contribution in [0.2, 0.25) is 0 Å². The summed E-state index contributed by atoms with van der Waals surface area (Å²) in [4.78, 5) is 12.3. The fourth-order valence-corrected chi connectivity index (χ4v) is 5.68. The third-order valence-electron chi connectivity index (χ3n) is 5.80. The zero-order valence-electron chi connectivity index (χ0n) is 16.9. The highest BCUT2D eigenvalue weighted by molar-refractivity contribution is 7.19. The Bertz CT molecular complexity index is 980. The van der Waals surface area contributed by atoms with Crippen LogP contribution in [0.3, 0.4) is 0 Å². The Kier molecular flexibility index (Phi) is 5.58. The van der Waals surface area contributed by atoms with Gasteiger partial charge in [-0.15, -0.1) is 11.3 Å². The number of hydrogen-bond donors (Lipinski definition) is 1. The van der Waals surface area contributed by atoms with Gasteiger partial charge in [-0.25, -0.2) is 0 Å². The third-order valence-corrected chi connectivity index (χ3v) is 6.99. The van der Waals surface area contributed by atoms with Crippen LogP contribution < -0.4 is 5.32 Å². The lowest BCUT2D eigenvalue weighted by molar-refractivity contribution is 0.0378. The normalized spacial score (nSPS) is 18.5. The quantitative estimate of drug-likeness (QED) is 0.582. The van der Waals surface area contributed by atoms with Crippen molar-refractivity contribution in [1.82, 2.24) is 34.8 Å². The molecule has 3 aromatic rings. The van der Waals surface area contributed by atoms with E-state index in [1.165, 1.54) is 22.2 Å². The summed E-state index contributed by atoms with van der Waals surface area (Å²) in [6.45, 7) is 11.3. The SMILES string of the molecule is CCCN1CCc2c(sc3c2c(NCCCN2CCOCC2)nc2nnnn23)C1. The van der Waals surface area contributed by atoms with Gasteiger partial charge < -0.3 is 10.1 Å². The van der Waals surface area contributed by atoms with E-state index in [2.05, 4.69) is 37.6 Å². The molecule has 29 heavy (non-hydrogen) atoms. The van der Waals surface area contributed by atoms with E-state index in [1.807, 2.05) is 11.3 Å². The van der Waals surface area contributed by atoms with Gasteiger partial charge in [0, 0.05) is 37.6 Å². The first-order valence-electron chi connectivity index (χ1n) is 10.6. The van der Waals surface area contributed by atoms with Crippen molar-refractivity contribution >= 4 is 33.1 Å². The smallest absolute Gasteiger partial charge is 0.276 e. The molecule has 0 spiro atoms. The fourth-order valence-electron chi connectivity index (χ4n) is 4.34. The molecule has 1 fully saturated rings. The Labute approximate surface area is 174 Å². The molecule has 2 aliphatic heterocycles. The molecule has 9 nitrogen and oxygen atoms in total. The zero-order valence-corrected chi connectivity index (χ0v) is 17.7. The minimum Gasteiger partial charge on any atom is -0.379 e. The Morgan fingerprint density at radius 2 is 2.03 bits per heavy atom. The van der Waals surface area contributed by atoms with Gasteiger partial charge in [0.05, 0.1) is 18.6 Å². The second-order valence-corrected chi connectivity index (χ2v) is 8.88. The van der Waals surface area contributed by atoms with Crippen LogP contribution in [-0.4, -0.2) is 87.3 Å². The molecule has 1 N–H and O–H groups in total. The molecular weight excluding hydrogens is 388 g/mol. The summed E-state index contributed by atoms with van der Waals surface area (Å²) in [5.74, 6) is 1.50.